The molecule has 0 unspecified atom stereocenters. The predicted molar refractivity (Wildman–Crippen MR) is 112 cm³/mol. The van der Waals surface area contributed by atoms with E-state index < -0.39 is 0 Å². The number of nitrogens with zero attached hydrogens (tertiary/aromatic N) is 4. The van der Waals surface area contributed by atoms with Gasteiger partial charge in [0.15, 0.2) is 5.96 Å². The molecule has 28 heavy (non-hydrogen) atoms. The van der Waals surface area contributed by atoms with Crippen molar-refractivity contribution >= 4 is 5.96 Å². The van der Waals surface area contributed by atoms with E-state index in [9.17, 15) is 0 Å². The van der Waals surface area contributed by atoms with Gasteiger partial charge in [0.05, 0.1) is 6.54 Å². The molecule has 2 aromatic rings. The average Bonchev–Trinajstić information content (AvgIpc) is 3.21. The molecule has 152 valence electrons. The van der Waals surface area contributed by atoms with Crippen LogP contribution in [0.2, 0.25) is 0 Å². The minimum atomic E-state index is 0.0471. The number of rotatable bonds is 8. The molecule has 0 amide bonds. The monoisotopic (exact) mass is 384 g/mol. The minimum Gasteiger partial charge on any atom is -0.381 e. The van der Waals surface area contributed by atoms with Crippen LogP contribution in [-0.4, -0.2) is 53.6 Å². The maximum atomic E-state index is 5.63. The summed E-state index contributed by atoms with van der Waals surface area (Å²) < 4.78 is 7.72. The van der Waals surface area contributed by atoms with Crippen LogP contribution >= 0.6 is 0 Å². The first-order valence-electron chi connectivity index (χ1n) is 10.3. The zero-order chi connectivity index (χ0) is 19.7. The average molecular weight is 385 g/mol. The molecular formula is C21H32N6O. The quantitative estimate of drug-likeness (QED) is 0.539. The maximum absolute atomic E-state index is 5.63. The molecule has 7 heteroatoms. The van der Waals surface area contributed by atoms with Gasteiger partial charge in [0, 0.05) is 44.7 Å². The smallest absolute Gasteiger partial charge is 0.191 e. The summed E-state index contributed by atoms with van der Waals surface area (Å²) in [6.07, 6.45) is 4.67. The molecule has 0 spiro atoms. The molecule has 3 rings (SSSR count). The molecule has 0 aliphatic carbocycles. The lowest BCUT2D eigenvalue weighted by molar-refractivity contribution is 0.0531. The van der Waals surface area contributed by atoms with Crippen molar-refractivity contribution in [2.24, 2.45) is 4.99 Å². The van der Waals surface area contributed by atoms with Crippen molar-refractivity contribution in [1.82, 2.24) is 25.4 Å². The second-order valence-corrected chi connectivity index (χ2v) is 7.17. The van der Waals surface area contributed by atoms with Gasteiger partial charge in [0.2, 0.25) is 0 Å². The second kappa shape index (κ2) is 10.2. The number of guanidine groups is 1. The van der Waals surface area contributed by atoms with Crippen LogP contribution in [0.4, 0.5) is 0 Å². The number of benzene rings is 1. The summed E-state index contributed by atoms with van der Waals surface area (Å²) in [4.78, 5) is 4.95. The highest BCUT2D eigenvalue weighted by Gasteiger charge is 2.34. The normalized spacial score (nSPS) is 16.7. The van der Waals surface area contributed by atoms with E-state index in [-0.39, 0.29) is 5.41 Å². The van der Waals surface area contributed by atoms with E-state index in [0.29, 0.717) is 0 Å². The topological polar surface area (TPSA) is 76.4 Å². The molecule has 0 saturated carbocycles. The summed E-state index contributed by atoms with van der Waals surface area (Å²) in [6.45, 7) is 8.95. The first kappa shape index (κ1) is 20.3. The van der Waals surface area contributed by atoms with E-state index >= 15 is 0 Å². The Morgan fingerprint density at radius 3 is 2.68 bits per heavy atom. The predicted octanol–water partition coefficient (Wildman–Crippen LogP) is 2.14. The van der Waals surface area contributed by atoms with Crippen LogP contribution in [0.3, 0.4) is 0 Å². The summed E-state index contributed by atoms with van der Waals surface area (Å²) in [5.41, 5.74) is 1.40. The Bertz CT molecular complexity index is 736. The van der Waals surface area contributed by atoms with Crippen molar-refractivity contribution in [3.63, 3.8) is 0 Å². The number of aryl methyl sites for hydroxylation is 1. The van der Waals surface area contributed by atoms with E-state index in [1.54, 1.807) is 6.33 Å². The van der Waals surface area contributed by atoms with Crippen LogP contribution in [0.15, 0.2) is 41.7 Å². The van der Waals surface area contributed by atoms with Gasteiger partial charge < -0.3 is 19.9 Å². The Morgan fingerprint density at radius 1 is 1.18 bits per heavy atom. The Kier molecular flexibility index (Phi) is 7.42. The zero-order valence-corrected chi connectivity index (χ0v) is 17.0. The van der Waals surface area contributed by atoms with E-state index in [1.165, 1.54) is 5.56 Å². The Hall–Kier alpha value is -2.41. The molecule has 1 fully saturated rings. The lowest BCUT2D eigenvalue weighted by atomic mass is 9.74. The molecule has 0 bridgehead atoms. The number of aliphatic imine (C=N–C) groups is 1. The van der Waals surface area contributed by atoms with Gasteiger partial charge in [-0.1, -0.05) is 37.3 Å². The third kappa shape index (κ3) is 5.10. The van der Waals surface area contributed by atoms with Gasteiger partial charge in [-0.15, -0.1) is 10.2 Å². The molecular weight excluding hydrogens is 352 g/mol. The van der Waals surface area contributed by atoms with Crippen molar-refractivity contribution in [3.05, 3.63) is 48.0 Å². The van der Waals surface area contributed by atoms with Gasteiger partial charge in [-0.25, -0.2) is 0 Å². The number of hydrogen-bond acceptors (Lipinski definition) is 4. The van der Waals surface area contributed by atoms with Crippen molar-refractivity contribution in [1.29, 1.82) is 0 Å². The molecule has 1 saturated heterocycles. The number of nitrogens with one attached hydrogen (secondary N) is 2. The van der Waals surface area contributed by atoms with Crippen molar-refractivity contribution < 1.29 is 4.74 Å². The summed E-state index contributed by atoms with van der Waals surface area (Å²) in [5.74, 6) is 1.87. The van der Waals surface area contributed by atoms with Crippen molar-refractivity contribution in [2.45, 2.75) is 45.1 Å². The lowest BCUT2D eigenvalue weighted by Crippen LogP contribution is -2.42. The van der Waals surface area contributed by atoms with E-state index in [1.807, 2.05) is 0 Å². The molecule has 0 radical (unpaired) electrons. The standard InChI is InChI=1S/C21H32N6O/c1-3-19-26-25-17-27(19)13-12-23-20(22-4-2)24-16-21(10-14-28-15-11-21)18-8-6-5-7-9-18/h5-9,17H,3-4,10-16H2,1-2H3,(H2,22,23,24). The number of ether oxygens (including phenoxy) is 1. The van der Waals surface area contributed by atoms with Gasteiger partial charge in [-0.2, -0.15) is 0 Å². The fourth-order valence-electron chi connectivity index (χ4n) is 3.70. The summed E-state index contributed by atoms with van der Waals surface area (Å²) >= 11 is 0. The Balaban J connectivity index is 1.66. The summed E-state index contributed by atoms with van der Waals surface area (Å²) in [5, 5.41) is 14.9. The van der Waals surface area contributed by atoms with E-state index in [4.69, 9.17) is 9.73 Å². The third-order valence-corrected chi connectivity index (χ3v) is 5.38. The van der Waals surface area contributed by atoms with Gasteiger partial charge >= 0.3 is 0 Å². The summed E-state index contributed by atoms with van der Waals surface area (Å²) in [6, 6.07) is 10.7. The first-order valence-corrected chi connectivity index (χ1v) is 10.3. The van der Waals surface area contributed by atoms with Crippen LogP contribution in [0.25, 0.3) is 0 Å². The molecule has 1 aliphatic rings. The largest absolute Gasteiger partial charge is 0.381 e. The molecule has 2 heterocycles. The summed E-state index contributed by atoms with van der Waals surface area (Å²) in [7, 11) is 0. The number of aromatic nitrogens is 3. The molecule has 0 atom stereocenters. The number of hydrogen-bond donors (Lipinski definition) is 2. The Labute approximate surface area is 167 Å². The van der Waals surface area contributed by atoms with Crippen molar-refractivity contribution in [2.75, 3.05) is 32.8 Å². The van der Waals surface area contributed by atoms with Crippen LogP contribution < -0.4 is 10.6 Å². The van der Waals surface area contributed by atoms with Crippen LogP contribution in [0.5, 0.6) is 0 Å². The van der Waals surface area contributed by atoms with Gasteiger partial charge in [0.1, 0.15) is 12.2 Å². The van der Waals surface area contributed by atoms with E-state index in [2.05, 4.69) is 69.6 Å². The zero-order valence-electron chi connectivity index (χ0n) is 17.0. The molecule has 1 aromatic heterocycles. The Morgan fingerprint density at radius 2 is 1.96 bits per heavy atom. The fraction of sp³-hybridized carbons (Fsp3) is 0.571. The van der Waals surface area contributed by atoms with Crippen LogP contribution in [0, 0.1) is 0 Å². The minimum absolute atomic E-state index is 0.0471. The van der Waals surface area contributed by atoms with Crippen molar-refractivity contribution in [3.8, 4) is 0 Å². The van der Waals surface area contributed by atoms with Gasteiger partial charge in [0.25, 0.3) is 0 Å². The van der Waals surface area contributed by atoms with Gasteiger partial charge in [-0.3, -0.25) is 4.99 Å². The fourth-order valence-corrected chi connectivity index (χ4v) is 3.70. The SMILES string of the molecule is CCNC(=NCC1(c2ccccc2)CCOCC1)NCCn1cnnc1CC. The third-order valence-electron chi connectivity index (χ3n) is 5.38. The first-order chi connectivity index (χ1) is 13.8. The highest BCUT2D eigenvalue weighted by Crippen LogP contribution is 2.35. The molecule has 7 nitrogen and oxygen atoms in total. The highest BCUT2D eigenvalue weighted by atomic mass is 16.5. The molecule has 2 N–H and O–H groups in total. The molecule has 1 aliphatic heterocycles. The van der Waals surface area contributed by atoms with Gasteiger partial charge in [-0.05, 0) is 25.3 Å². The van der Waals surface area contributed by atoms with E-state index in [0.717, 1.165) is 70.4 Å². The second-order valence-electron chi connectivity index (χ2n) is 7.17. The maximum Gasteiger partial charge on any atom is 0.191 e. The van der Waals surface area contributed by atoms with Crippen LogP contribution in [0.1, 0.15) is 38.1 Å². The lowest BCUT2D eigenvalue weighted by Gasteiger charge is -2.36. The molecule has 1 aromatic carbocycles. The van der Waals surface area contributed by atoms with Crippen LogP contribution in [-0.2, 0) is 23.1 Å². The highest BCUT2D eigenvalue weighted by molar-refractivity contribution is 5.79.